The molecular formula is C109H119N13O2. The number of hydrogen-bond acceptors (Lipinski definition) is 12. The van der Waals surface area contributed by atoms with Gasteiger partial charge < -0.3 is 10.1 Å². The summed E-state index contributed by atoms with van der Waals surface area (Å²) in [7, 11) is 1.65. The topological polar surface area (TPSA) is 168 Å². The number of ether oxygens (including phenoxy) is 1. The second kappa shape index (κ2) is 40.2. The Labute approximate surface area is 735 Å². The lowest BCUT2D eigenvalue weighted by Gasteiger charge is -2.22. The molecule has 6 aromatic carbocycles. The van der Waals surface area contributed by atoms with Crippen LogP contribution in [0, 0.1) is 96.2 Å². The maximum Gasteiger partial charge on any atom is 0.227 e. The van der Waals surface area contributed by atoms with Crippen molar-refractivity contribution in [1.82, 2.24) is 58.7 Å². The van der Waals surface area contributed by atoms with Gasteiger partial charge in [-0.05, 0) is 230 Å². The number of terminal acetylenes is 1. The fourth-order valence-electron chi connectivity index (χ4n) is 12.4. The Balaban J connectivity index is 0.000000171. The molecule has 8 heterocycles. The summed E-state index contributed by atoms with van der Waals surface area (Å²) in [6.45, 7) is 67.5. The normalized spacial score (nSPS) is 11.2. The molecule has 8 aromatic heterocycles. The van der Waals surface area contributed by atoms with Crippen LogP contribution in [0.3, 0.4) is 0 Å². The van der Waals surface area contributed by atoms with Gasteiger partial charge in [0.25, 0.3) is 0 Å². The van der Waals surface area contributed by atoms with Gasteiger partial charge in [0.1, 0.15) is 17.1 Å². The Hall–Kier alpha value is -13.9. The number of benzene rings is 6. The number of aryl methyl sites for hydroxylation is 4. The molecule has 0 spiro atoms. The van der Waals surface area contributed by atoms with Crippen LogP contribution in [-0.4, -0.2) is 71.6 Å². The third-order valence-corrected chi connectivity index (χ3v) is 20.8. The number of methoxy groups -OCH3 is 1. The molecule has 14 rings (SSSR count). The minimum Gasteiger partial charge on any atom is -0.495 e. The van der Waals surface area contributed by atoms with Crippen LogP contribution in [-0.2, 0) is 0 Å². The zero-order valence-corrected chi connectivity index (χ0v) is 76.7. The predicted octanol–water partition coefficient (Wildman–Crippen LogP) is 26.1. The first-order valence-electron chi connectivity index (χ1n) is 41.4. The van der Waals surface area contributed by atoms with Gasteiger partial charge >= 0.3 is 0 Å². The number of ketones is 1. The molecule has 15 nitrogen and oxygen atoms in total. The van der Waals surface area contributed by atoms with E-state index in [0.29, 0.717) is 11.5 Å². The molecule has 0 radical (unpaired) electrons. The zero-order chi connectivity index (χ0) is 90.8. The summed E-state index contributed by atoms with van der Waals surface area (Å²) in [5.41, 5.74) is 27.9. The van der Waals surface area contributed by atoms with E-state index in [1.54, 1.807) is 65.7 Å². The van der Waals surface area contributed by atoms with Gasteiger partial charge in [0.2, 0.25) is 5.95 Å². The quantitative estimate of drug-likeness (QED) is 0.0963. The van der Waals surface area contributed by atoms with Crippen molar-refractivity contribution in [3.63, 3.8) is 0 Å². The van der Waals surface area contributed by atoms with Crippen molar-refractivity contribution >= 4 is 62.2 Å². The van der Waals surface area contributed by atoms with Crippen molar-refractivity contribution in [1.29, 1.82) is 0 Å². The average molecular weight is 1640 g/mol. The van der Waals surface area contributed by atoms with E-state index in [1.165, 1.54) is 16.7 Å². The van der Waals surface area contributed by atoms with Gasteiger partial charge in [-0.2, -0.15) is 15.3 Å². The maximum absolute atomic E-state index is 12.6. The molecule has 14 aromatic rings. The lowest BCUT2D eigenvalue weighted by molar-refractivity contribution is 0.0858. The Morgan fingerprint density at radius 2 is 0.815 bits per heavy atom. The van der Waals surface area contributed by atoms with Crippen LogP contribution in [0.25, 0.3) is 67.3 Å². The fraction of sp³-hybridized carbons (Fsp3) is 0.266. The molecule has 15 heteroatoms. The summed E-state index contributed by atoms with van der Waals surface area (Å²) < 4.78 is 10.8. The van der Waals surface area contributed by atoms with Crippen molar-refractivity contribution in [2.24, 2.45) is 32.5 Å². The molecule has 0 aliphatic carbocycles. The van der Waals surface area contributed by atoms with Gasteiger partial charge in [-0.1, -0.05) is 266 Å². The van der Waals surface area contributed by atoms with Crippen molar-refractivity contribution in [2.75, 3.05) is 12.4 Å². The molecule has 124 heavy (non-hydrogen) atoms. The highest BCUT2D eigenvalue weighted by atomic mass is 16.5. The summed E-state index contributed by atoms with van der Waals surface area (Å²) >= 11 is 0. The van der Waals surface area contributed by atoms with E-state index >= 15 is 0 Å². The molecule has 632 valence electrons. The van der Waals surface area contributed by atoms with E-state index in [2.05, 4.69) is 310 Å². The standard InChI is InChI=1S/C21H22N4O.C21H21N3O.C21H21N3.C18H19N3.C15H18.C13H18/c1-14-7-8-15(19(26)21(2,3)4)12-18(14)25-20-23-11-9-17(24-20)16-6-5-10-22-13-16;1-15(21(2,3)4)16-9-11-19(25-5)17(13-16)8-10-18-14-22-20-7-6-12-23-24(18)20;1-15-8-9-18(16(2)21(3,4)5)13-17(15)10-11-19-14-22-20-7-6-12-23-24(19)20;1-13(18(2,3)4)14-7-5-8-15(11-14)16-12-19-17-9-6-10-20-21(16)17;1-7-13-10-14(9-8-11(13)2)12(3)15(4,5)6;1-10-6-8-12(9-7-10)11(2)13(3,4)5/h5-13H,1-4H3,(H,23,24,25);6-7,9,11-14H,1H2,2-5H3;6-9,12-14H,2H2,1,3-5H3;5-12H,1H2,2-4H3;1,8-10H,3H2,2,4-6H3;6-9H,2H2,1,3-5H3. The summed E-state index contributed by atoms with van der Waals surface area (Å²) in [5, 5.41) is 16.2. The number of fused-ring (bicyclic) bond motifs is 3. The van der Waals surface area contributed by atoms with Gasteiger partial charge in [-0.15, -0.1) is 6.42 Å². The number of nitrogens with one attached hydrogen (secondary N) is 1. The highest BCUT2D eigenvalue weighted by Gasteiger charge is 2.25. The third-order valence-electron chi connectivity index (χ3n) is 20.8. The molecule has 0 aliphatic heterocycles. The fourth-order valence-corrected chi connectivity index (χ4v) is 12.4. The first-order chi connectivity index (χ1) is 58.3. The summed E-state index contributed by atoms with van der Waals surface area (Å²) in [5.74, 6) is 16.8. The number of Topliss-reactive ketones (excluding diaryl/α,β-unsaturated/α-hetero) is 1. The number of anilines is 2. The molecule has 0 saturated heterocycles. The Morgan fingerprint density at radius 3 is 1.31 bits per heavy atom. The van der Waals surface area contributed by atoms with Crippen LogP contribution in [0.15, 0.2) is 265 Å². The first-order valence-corrected chi connectivity index (χ1v) is 41.4. The predicted molar refractivity (Wildman–Crippen MR) is 517 cm³/mol. The lowest BCUT2D eigenvalue weighted by Crippen LogP contribution is -2.20. The van der Waals surface area contributed by atoms with Gasteiger partial charge in [0, 0.05) is 76.1 Å². The third kappa shape index (κ3) is 25.1. The molecule has 0 saturated carbocycles. The smallest absolute Gasteiger partial charge is 0.227 e. The molecule has 1 N–H and O–H groups in total. The molecule has 0 amide bonds. The van der Waals surface area contributed by atoms with Gasteiger partial charge in [-0.3, -0.25) is 9.78 Å². The second-order valence-electron chi connectivity index (χ2n) is 36.8. The molecule has 0 atom stereocenters. The number of allylic oxidation sites excluding steroid dienone is 5. The van der Waals surface area contributed by atoms with Gasteiger partial charge in [0.05, 0.1) is 42.7 Å². The van der Waals surface area contributed by atoms with E-state index < -0.39 is 5.41 Å². The summed E-state index contributed by atoms with van der Waals surface area (Å²) in [6.07, 6.45) is 21.2. The van der Waals surface area contributed by atoms with Crippen molar-refractivity contribution < 1.29 is 9.53 Å². The van der Waals surface area contributed by atoms with Crippen molar-refractivity contribution in [3.8, 4) is 64.3 Å². The Morgan fingerprint density at radius 1 is 0.387 bits per heavy atom. The first kappa shape index (κ1) is 93.9. The number of rotatable bonds is 11. The monoisotopic (exact) mass is 1640 g/mol. The number of imidazole rings is 3. The van der Waals surface area contributed by atoms with Crippen molar-refractivity contribution in [2.45, 2.75) is 152 Å². The largest absolute Gasteiger partial charge is 0.495 e. The summed E-state index contributed by atoms with van der Waals surface area (Å²) in [6, 6.07) is 58.2. The van der Waals surface area contributed by atoms with Gasteiger partial charge in [-0.25, -0.2) is 38.5 Å². The molecule has 0 bridgehead atoms. The number of hydrogen-bond donors (Lipinski definition) is 1. The van der Waals surface area contributed by atoms with Crippen molar-refractivity contribution in [3.05, 3.63) is 348 Å². The number of aromatic nitrogens is 12. The number of nitrogens with zero attached hydrogens (tertiary/aromatic N) is 12. The molecule has 0 fully saturated rings. The lowest BCUT2D eigenvalue weighted by atomic mass is 9.82. The van der Waals surface area contributed by atoms with E-state index in [4.69, 9.17) is 11.2 Å². The molecular weight excluding hydrogens is 1520 g/mol. The van der Waals surface area contributed by atoms with Crippen LogP contribution in [0.2, 0.25) is 0 Å². The Bertz CT molecular complexity index is 6390. The summed E-state index contributed by atoms with van der Waals surface area (Å²) in [4.78, 5) is 38.5. The molecule has 0 aliphatic rings. The highest BCUT2D eigenvalue weighted by molar-refractivity contribution is 6.01. The van der Waals surface area contributed by atoms with E-state index in [-0.39, 0.29) is 32.9 Å². The molecule has 0 unspecified atom stereocenters. The van der Waals surface area contributed by atoms with E-state index in [9.17, 15) is 4.79 Å². The SMILES string of the molecule is C#Cc1cc(C(=C)C(C)(C)C)ccc1C.C=C(c1ccc(C)c(C#Cc2cnc3cccnn23)c1)C(C)(C)C.C=C(c1ccc(C)cc1)C(C)(C)C.C=C(c1ccc(OC)c(C#Cc2cnc3cccnn23)c1)C(C)(C)C.C=C(c1cccc(-c2cnc3cccnn23)c1)C(C)(C)C.Cc1ccc(C(=O)C(C)(C)C)cc1Nc1nccc(-c2cccnc2)n1. The van der Waals surface area contributed by atoms with E-state index in [0.717, 1.165) is 140 Å². The Kier molecular flexibility index (Phi) is 30.4. The van der Waals surface area contributed by atoms with Crippen LogP contribution >= 0.6 is 0 Å². The average Bonchev–Trinajstić information content (AvgIpc) is 1.65. The van der Waals surface area contributed by atoms with Crippen LogP contribution in [0.1, 0.15) is 213 Å². The van der Waals surface area contributed by atoms with E-state index in [1.807, 2.05) is 142 Å². The second-order valence-corrected chi connectivity index (χ2v) is 36.8. The minimum absolute atomic E-state index is 0.00907. The van der Waals surface area contributed by atoms with Crippen LogP contribution in [0.4, 0.5) is 11.6 Å². The number of carbonyl (C=O) groups is 1. The van der Waals surface area contributed by atoms with Crippen LogP contribution in [0.5, 0.6) is 5.75 Å². The zero-order valence-electron chi connectivity index (χ0n) is 76.7. The number of pyridine rings is 1. The van der Waals surface area contributed by atoms with Gasteiger partial charge in [0.15, 0.2) is 22.7 Å². The number of carbonyl (C=O) groups excluding carboxylic acids is 1. The van der Waals surface area contributed by atoms with Crippen LogP contribution < -0.4 is 10.1 Å². The maximum atomic E-state index is 12.6. The highest BCUT2D eigenvalue weighted by Crippen LogP contribution is 2.39. The minimum atomic E-state index is -0.427.